The monoisotopic (exact) mass is 198 g/mol. The van der Waals surface area contributed by atoms with E-state index in [1.165, 1.54) is 0 Å². The van der Waals surface area contributed by atoms with Crippen LogP contribution in [0.15, 0.2) is 0 Å². The van der Waals surface area contributed by atoms with E-state index >= 15 is 0 Å². The van der Waals surface area contributed by atoms with Gasteiger partial charge in [-0.05, 0) is 12.8 Å². The van der Waals surface area contributed by atoms with Gasteiger partial charge in [0.05, 0.1) is 6.04 Å². The van der Waals surface area contributed by atoms with Crippen LogP contribution in [0.4, 0.5) is 4.79 Å². The van der Waals surface area contributed by atoms with Crippen molar-refractivity contribution in [2.45, 2.75) is 33.2 Å². The van der Waals surface area contributed by atoms with Gasteiger partial charge in [-0.25, -0.2) is 4.79 Å². The quantitative estimate of drug-likeness (QED) is 0.733. The van der Waals surface area contributed by atoms with Crippen LogP contribution >= 0.6 is 0 Å². The second-order valence-electron chi connectivity index (χ2n) is 4.20. The number of amides is 2. The van der Waals surface area contributed by atoms with Gasteiger partial charge in [0.2, 0.25) is 0 Å². The summed E-state index contributed by atoms with van der Waals surface area (Å²) in [7, 11) is 0. The van der Waals surface area contributed by atoms with Crippen LogP contribution in [0, 0.1) is 5.92 Å². The molecular formula is C10H18N2O2. The van der Waals surface area contributed by atoms with Crippen molar-refractivity contribution in [1.29, 1.82) is 0 Å². The molecule has 1 heterocycles. The van der Waals surface area contributed by atoms with Gasteiger partial charge in [-0.3, -0.25) is 4.79 Å². The predicted octanol–water partition coefficient (Wildman–Crippen LogP) is 1.02. The molecular weight excluding hydrogens is 180 g/mol. The van der Waals surface area contributed by atoms with E-state index in [4.69, 9.17) is 0 Å². The number of urea groups is 1. The van der Waals surface area contributed by atoms with Crippen molar-refractivity contribution in [3.05, 3.63) is 0 Å². The largest absolute Gasteiger partial charge is 0.333 e. The van der Waals surface area contributed by atoms with E-state index in [0.717, 1.165) is 6.54 Å². The summed E-state index contributed by atoms with van der Waals surface area (Å²) >= 11 is 0. The van der Waals surface area contributed by atoms with Gasteiger partial charge in [0, 0.05) is 19.5 Å². The van der Waals surface area contributed by atoms with Crippen molar-refractivity contribution in [3.63, 3.8) is 0 Å². The fraction of sp³-hybridized carbons (Fsp3) is 0.800. The Labute approximate surface area is 84.7 Å². The van der Waals surface area contributed by atoms with E-state index in [9.17, 15) is 9.59 Å². The number of nitrogens with one attached hydrogen (secondary N) is 1. The first kappa shape index (κ1) is 11.0. The van der Waals surface area contributed by atoms with E-state index < -0.39 is 0 Å². The number of ketones is 1. The summed E-state index contributed by atoms with van der Waals surface area (Å²) in [5.74, 6) is 0.576. The molecule has 4 nitrogen and oxygen atoms in total. The molecule has 0 bridgehead atoms. The minimum absolute atomic E-state index is 0.0371. The molecule has 1 unspecified atom stereocenters. The van der Waals surface area contributed by atoms with Gasteiger partial charge in [-0.1, -0.05) is 13.8 Å². The summed E-state index contributed by atoms with van der Waals surface area (Å²) in [5, 5.41) is 2.90. The standard InChI is InChI=1S/C10H18N2O2/c1-7(2)9-6-12(10(14)11-9)5-4-8(3)13/h7,9H,4-6H2,1-3H3,(H,11,14). The summed E-state index contributed by atoms with van der Waals surface area (Å²) in [6.45, 7) is 6.99. The highest BCUT2D eigenvalue weighted by atomic mass is 16.2. The Bertz CT molecular complexity index is 238. The first-order valence-corrected chi connectivity index (χ1v) is 5.05. The molecule has 2 amide bonds. The molecule has 0 aromatic rings. The molecule has 1 N–H and O–H groups in total. The molecule has 80 valence electrons. The second kappa shape index (κ2) is 4.44. The van der Waals surface area contributed by atoms with Gasteiger partial charge in [0.1, 0.15) is 5.78 Å². The number of Topliss-reactive ketones (excluding diaryl/α,β-unsaturated/α-hetero) is 1. The average Bonchev–Trinajstić information content (AvgIpc) is 2.43. The number of hydrogen-bond donors (Lipinski definition) is 1. The van der Waals surface area contributed by atoms with Gasteiger partial charge < -0.3 is 10.2 Å². The highest BCUT2D eigenvalue weighted by Gasteiger charge is 2.29. The molecule has 1 fully saturated rings. The van der Waals surface area contributed by atoms with Crippen molar-refractivity contribution >= 4 is 11.8 Å². The molecule has 0 spiro atoms. The minimum atomic E-state index is -0.0371. The first-order chi connectivity index (χ1) is 6.50. The molecule has 14 heavy (non-hydrogen) atoms. The Balaban J connectivity index is 2.41. The zero-order valence-corrected chi connectivity index (χ0v) is 9.04. The third-order valence-electron chi connectivity index (χ3n) is 2.55. The Kier molecular flexibility index (Phi) is 3.49. The van der Waals surface area contributed by atoms with Crippen LogP contribution in [-0.2, 0) is 4.79 Å². The van der Waals surface area contributed by atoms with Crippen LogP contribution in [0.2, 0.25) is 0 Å². The lowest BCUT2D eigenvalue weighted by molar-refractivity contribution is -0.117. The fourth-order valence-electron chi connectivity index (χ4n) is 1.48. The summed E-state index contributed by atoms with van der Waals surface area (Å²) < 4.78 is 0. The molecule has 1 aliphatic rings. The minimum Gasteiger partial charge on any atom is -0.333 e. The molecule has 0 aromatic carbocycles. The summed E-state index contributed by atoms with van der Waals surface area (Å²) in [6, 6.07) is 0.194. The number of carbonyl (C=O) groups is 2. The number of carbonyl (C=O) groups excluding carboxylic acids is 2. The smallest absolute Gasteiger partial charge is 0.317 e. The fourth-order valence-corrected chi connectivity index (χ4v) is 1.48. The van der Waals surface area contributed by atoms with Crippen LogP contribution in [0.1, 0.15) is 27.2 Å². The third-order valence-corrected chi connectivity index (χ3v) is 2.55. The topological polar surface area (TPSA) is 49.4 Å². The van der Waals surface area contributed by atoms with Crippen LogP contribution < -0.4 is 5.32 Å². The average molecular weight is 198 g/mol. The molecule has 1 rings (SSSR count). The normalized spacial score (nSPS) is 21.6. The molecule has 0 aliphatic carbocycles. The van der Waals surface area contributed by atoms with Crippen molar-refractivity contribution in [2.75, 3.05) is 13.1 Å². The van der Waals surface area contributed by atoms with Gasteiger partial charge >= 0.3 is 6.03 Å². The van der Waals surface area contributed by atoms with Crippen LogP contribution in [0.3, 0.4) is 0 Å². The highest BCUT2D eigenvalue weighted by Crippen LogP contribution is 2.11. The van der Waals surface area contributed by atoms with Gasteiger partial charge in [0.25, 0.3) is 0 Å². The lowest BCUT2D eigenvalue weighted by atomic mass is 10.1. The number of hydrogen-bond acceptors (Lipinski definition) is 2. The Morgan fingerprint density at radius 3 is 2.71 bits per heavy atom. The lowest BCUT2D eigenvalue weighted by Gasteiger charge is -2.15. The second-order valence-corrected chi connectivity index (χ2v) is 4.20. The van der Waals surface area contributed by atoms with E-state index in [0.29, 0.717) is 18.9 Å². The summed E-state index contributed by atoms with van der Waals surface area (Å²) in [4.78, 5) is 23.9. The number of nitrogens with zero attached hydrogens (tertiary/aromatic N) is 1. The number of rotatable bonds is 4. The van der Waals surface area contributed by atoms with E-state index in [1.54, 1.807) is 11.8 Å². The molecule has 1 atom stereocenters. The maximum Gasteiger partial charge on any atom is 0.317 e. The lowest BCUT2D eigenvalue weighted by Crippen LogP contribution is -2.31. The van der Waals surface area contributed by atoms with Crippen molar-refractivity contribution in [2.24, 2.45) is 5.92 Å². The first-order valence-electron chi connectivity index (χ1n) is 5.05. The van der Waals surface area contributed by atoms with Crippen LogP contribution in [0.5, 0.6) is 0 Å². The van der Waals surface area contributed by atoms with Crippen LogP contribution in [0.25, 0.3) is 0 Å². The molecule has 0 saturated carbocycles. The molecule has 1 saturated heterocycles. The Morgan fingerprint density at radius 1 is 1.64 bits per heavy atom. The summed E-state index contributed by atoms with van der Waals surface area (Å²) in [5.41, 5.74) is 0. The maximum absolute atomic E-state index is 11.4. The highest BCUT2D eigenvalue weighted by molar-refractivity contribution is 5.79. The Morgan fingerprint density at radius 2 is 2.29 bits per heavy atom. The molecule has 4 heteroatoms. The SMILES string of the molecule is CC(=O)CCN1CC(C(C)C)NC1=O. The maximum atomic E-state index is 11.4. The van der Waals surface area contributed by atoms with Gasteiger partial charge in [-0.15, -0.1) is 0 Å². The molecule has 0 aromatic heterocycles. The molecule has 1 aliphatic heterocycles. The third kappa shape index (κ3) is 2.72. The Hall–Kier alpha value is -1.06. The van der Waals surface area contributed by atoms with E-state index in [-0.39, 0.29) is 17.9 Å². The van der Waals surface area contributed by atoms with Crippen molar-refractivity contribution in [1.82, 2.24) is 10.2 Å². The van der Waals surface area contributed by atoms with Crippen molar-refractivity contribution in [3.8, 4) is 0 Å². The molecule has 0 radical (unpaired) electrons. The van der Waals surface area contributed by atoms with E-state index in [2.05, 4.69) is 19.2 Å². The zero-order valence-electron chi connectivity index (χ0n) is 9.04. The van der Waals surface area contributed by atoms with Gasteiger partial charge in [-0.2, -0.15) is 0 Å². The van der Waals surface area contributed by atoms with Crippen molar-refractivity contribution < 1.29 is 9.59 Å². The predicted molar refractivity (Wildman–Crippen MR) is 54.0 cm³/mol. The zero-order chi connectivity index (χ0) is 10.7. The van der Waals surface area contributed by atoms with Gasteiger partial charge in [0.15, 0.2) is 0 Å². The van der Waals surface area contributed by atoms with Crippen LogP contribution in [-0.4, -0.2) is 35.8 Å². The summed E-state index contributed by atoms with van der Waals surface area (Å²) in [6.07, 6.45) is 0.457. The van der Waals surface area contributed by atoms with E-state index in [1.807, 2.05) is 0 Å².